The largest absolute Gasteiger partial charge is 0.458 e. The minimum absolute atomic E-state index is 0.0226. The second-order valence-corrected chi connectivity index (χ2v) is 7.20. The fraction of sp³-hybridized carbons (Fsp3) is 0.588. The number of carbonyl (C=O) groups excluding carboxylic acids is 1. The molecule has 5 heteroatoms. The highest BCUT2D eigenvalue weighted by Crippen LogP contribution is 2.61. The van der Waals surface area contributed by atoms with E-state index in [1.807, 2.05) is 0 Å². The minimum atomic E-state index is -0.478. The molecule has 4 rings (SSSR count). The van der Waals surface area contributed by atoms with Crippen molar-refractivity contribution >= 4 is 11.7 Å². The Labute approximate surface area is 129 Å². The molecule has 0 aliphatic heterocycles. The third-order valence-electron chi connectivity index (χ3n) is 5.86. The lowest BCUT2D eigenvalue weighted by molar-refractivity contribution is -0.384. The van der Waals surface area contributed by atoms with E-state index in [0.29, 0.717) is 28.7 Å². The molecule has 4 atom stereocenters. The van der Waals surface area contributed by atoms with Gasteiger partial charge in [-0.15, -0.1) is 0 Å². The number of hydrogen-bond acceptors (Lipinski definition) is 4. The van der Waals surface area contributed by atoms with Crippen molar-refractivity contribution in [3.05, 3.63) is 39.9 Å². The summed E-state index contributed by atoms with van der Waals surface area (Å²) in [4.78, 5) is 22.4. The van der Waals surface area contributed by atoms with E-state index >= 15 is 0 Å². The Bertz CT molecular complexity index is 608. The third-order valence-corrected chi connectivity index (χ3v) is 5.86. The quantitative estimate of drug-likeness (QED) is 0.483. The van der Waals surface area contributed by atoms with Gasteiger partial charge in [-0.1, -0.05) is 20.8 Å². The molecule has 0 saturated heterocycles. The van der Waals surface area contributed by atoms with Crippen LogP contribution >= 0.6 is 0 Å². The second-order valence-electron chi connectivity index (χ2n) is 7.20. The number of esters is 1. The molecule has 3 saturated carbocycles. The van der Waals surface area contributed by atoms with Crippen LogP contribution in [-0.4, -0.2) is 17.0 Å². The first-order valence-corrected chi connectivity index (χ1v) is 7.76. The van der Waals surface area contributed by atoms with Crippen LogP contribution < -0.4 is 0 Å². The average Bonchev–Trinajstić information content (AvgIpc) is 2.48. The Morgan fingerprint density at radius 1 is 1.27 bits per heavy atom. The summed E-state index contributed by atoms with van der Waals surface area (Å²) >= 11 is 0. The van der Waals surface area contributed by atoms with Gasteiger partial charge in [-0.05, 0) is 48.1 Å². The lowest BCUT2D eigenvalue weighted by Crippen LogP contribution is -2.57. The maximum absolute atomic E-state index is 12.2. The number of benzene rings is 1. The van der Waals surface area contributed by atoms with E-state index in [1.165, 1.54) is 30.7 Å². The zero-order valence-corrected chi connectivity index (χ0v) is 13.1. The van der Waals surface area contributed by atoms with Crippen LogP contribution in [0.15, 0.2) is 24.3 Å². The Kier molecular flexibility index (Phi) is 3.46. The first-order chi connectivity index (χ1) is 10.3. The standard InChI is InChI=1S/C17H21NO4/c1-10-14-8-12(17(14,2)3)9-15(10)22-16(19)11-4-6-13(7-5-11)18(20)21/h4-7,10,12,14-15H,8-9H2,1-3H3/t10-,12-,14-,15-/m1/s1. The van der Waals surface area contributed by atoms with Crippen molar-refractivity contribution in [3.63, 3.8) is 0 Å². The van der Waals surface area contributed by atoms with E-state index in [0.717, 1.165) is 6.42 Å². The molecule has 5 nitrogen and oxygen atoms in total. The van der Waals surface area contributed by atoms with Gasteiger partial charge in [0.05, 0.1) is 10.5 Å². The van der Waals surface area contributed by atoms with Gasteiger partial charge >= 0.3 is 5.97 Å². The highest BCUT2D eigenvalue weighted by atomic mass is 16.6. The molecular weight excluding hydrogens is 282 g/mol. The van der Waals surface area contributed by atoms with Gasteiger partial charge in [-0.3, -0.25) is 10.1 Å². The number of hydrogen-bond donors (Lipinski definition) is 0. The Balaban J connectivity index is 1.66. The van der Waals surface area contributed by atoms with Gasteiger partial charge in [-0.2, -0.15) is 0 Å². The van der Waals surface area contributed by atoms with Gasteiger partial charge in [0.2, 0.25) is 0 Å². The van der Waals surface area contributed by atoms with Crippen molar-refractivity contribution in [1.82, 2.24) is 0 Å². The SMILES string of the molecule is C[C@@H]1[C@H]2C[C@H](C[C@H]1OC(=O)c1ccc([N+](=O)[O-])cc1)C2(C)C. The number of fused-ring (bicyclic) bond motifs is 2. The van der Waals surface area contributed by atoms with Crippen LogP contribution in [0.25, 0.3) is 0 Å². The van der Waals surface area contributed by atoms with Gasteiger partial charge in [0.15, 0.2) is 0 Å². The molecule has 3 fully saturated rings. The first-order valence-electron chi connectivity index (χ1n) is 7.76. The fourth-order valence-corrected chi connectivity index (χ4v) is 4.18. The van der Waals surface area contributed by atoms with Gasteiger partial charge in [0.25, 0.3) is 5.69 Å². The van der Waals surface area contributed by atoms with Crippen LogP contribution in [0.1, 0.15) is 44.0 Å². The van der Waals surface area contributed by atoms with E-state index in [2.05, 4.69) is 20.8 Å². The van der Waals surface area contributed by atoms with Crippen LogP contribution in [0.5, 0.6) is 0 Å². The van der Waals surface area contributed by atoms with Crippen LogP contribution in [0.2, 0.25) is 0 Å². The summed E-state index contributed by atoms with van der Waals surface area (Å²) in [5, 5.41) is 10.6. The molecule has 22 heavy (non-hydrogen) atoms. The monoisotopic (exact) mass is 303 g/mol. The van der Waals surface area contributed by atoms with Gasteiger partial charge in [-0.25, -0.2) is 4.79 Å². The summed E-state index contributed by atoms with van der Waals surface area (Å²) in [7, 11) is 0. The summed E-state index contributed by atoms with van der Waals surface area (Å²) in [5.74, 6) is 1.22. The van der Waals surface area contributed by atoms with Crippen molar-refractivity contribution < 1.29 is 14.5 Å². The Morgan fingerprint density at radius 3 is 2.41 bits per heavy atom. The normalized spacial score (nSPS) is 32.0. The minimum Gasteiger partial charge on any atom is -0.458 e. The number of carbonyl (C=O) groups is 1. The predicted octanol–water partition coefficient (Wildman–Crippen LogP) is 3.82. The fourth-order valence-electron chi connectivity index (χ4n) is 4.18. The van der Waals surface area contributed by atoms with Gasteiger partial charge < -0.3 is 4.74 Å². The second kappa shape index (κ2) is 5.07. The maximum atomic E-state index is 12.2. The maximum Gasteiger partial charge on any atom is 0.338 e. The van der Waals surface area contributed by atoms with Crippen LogP contribution in [0, 0.1) is 33.3 Å². The molecule has 3 aliphatic rings. The molecule has 1 aromatic rings. The highest BCUT2D eigenvalue weighted by Gasteiger charge is 2.57. The van der Waals surface area contributed by atoms with Crippen molar-refractivity contribution in [2.45, 2.75) is 39.7 Å². The van der Waals surface area contributed by atoms with E-state index in [1.54, 1.807) is 0 Å². The molecular formula is C17H21NO4. The molecule has 0 radical (unpaired) electrons. The van der Waals surface area contributed by atoms with Gasteiger partial charge in [0, 0.05) is 12.1 Å². The molecule has 2 bridgehead atoms. The number of nitro groups is 1. The molecule has 3 aliphatic carbocycles. The third kappa shape index (κ3) is 2.28. The van der Waals surface area contributed by atoms with Crippen molar-refractivity contribution in [3.8, 4) is 0 Å². The number of nitrogens with zero attached hydrogens (tertiary/aromatic N) is 1. The summed E-state index contributed by atoms with van der Waals surface area (Å²) in [6.07, 6.45) is 2.11. The number of ether oxygens (including phenoxy) is 1. The number of rotatable bonds is 3. The number of non-ortho nitro benzene ring substituents is 1. The Morgan fingerprint density at radius 2 is 1.91 bits per heavy atom. The van der Waals surface area contributed by atoms with Crippen LogP contribution in [-0.2, 0) is 4.74 Å². The first kappa shape index (κ1) is 15.0. The molecule has 0 spiro atoms. The molecule has 1 aromatic carbocycles. The Hall–Kier alpha value is -1.91. The van der Waals surface area contributed by atoms with E-state index < -0.39 is 4.92 Å². The molecule has 0 aromatic heterocycles. The van der Waals surface area contributed by atoms with E-state index in [4.69, 9.17) is 4.74 Å². The molecule has 0 N–H and O–H groups in total. The van der Waals surface area contributed by atoms with Crippen molar-refractivity contribution in [2.24, 2.45) is 23.2 Å². The zero-order valence-electron chi connectivity index (χ0n) is 13.1. The predicted molar refractivity (Wildman–Crippen MR) is 81.5 cm³/mol. The number of nitro benzene ring substituents is 1. The highest BCUT2D eigenvalue weighted by molar-refractivity contribution is 5.89. The topological polar surface area (TPSA) is 69.4 Å². The van der Waals surface area contributed by atoms with Crippen LogP contribution in [0.4, 0.5) is 5.69 Å². The molecule has 118 valence electrons. The van der Waals surface area contributed by atoms with E-state index in [-0.39, 0.29) is 17.8 Å². The lowest BCUT2D eigenvalue weighted by atomic mass is 9.45. The average molecular weight is 303 g/mol. The smallest absolute Gasteiger partial charge is 0.338 e. The summed E-state index contributed by atoms with van der Waals surface area (Å²) in [6, 6.07) is 5.58. The lowest BCUT2D eigenvalue weighted by Gasteiger charge is -2.61. The van der Waals surface area contributed by atoms with Gasteiger partial charge in [0.1, 0.15) is 6.10 Å². The molecule has 0 unspecified atom stereocenters. The van der Waals surface area contributed by atoms with E-state index in [9.17, 15) is 14.9 Å². The summed E-state index contributed by atoms with van der Waals surface area (Å²) in [5.41, 5.74) is 0.706. The van der Waals surface area contributed by atoms with Crippen LogP contribution in [0.3, 0.4) is 0 Å². The zero-order chi connectivity index (χ0) is 16.1. The summed E-state index contributed by atoms with van der Waals surface area (Å²) < 4.78 is 5.68. The summed E-state index contributed by atoms with van der Waals surface area (Å²) in [6.45, 7) is 6.77. The van der Waals surface area contributed by atoms with Crippen molar-refractivity contribution in [1.29, 1.82) is 0 Å². The molecule has 0 amide bonds. The molecule has 0 heterocycles. The van der Waals surface area contributed by atoms with Crippen molar-refractivity contribution in [2.75, 3.05) is 0 Å².